The maximum Gasteiger partial charge on any atom is 0.304 e. The van der Waals surface area contributed by atoms with Crippen molar-refractivity contribution >= 4 is 27.7 Å². The first-order valence-electron chi connectivity index (χ1n) is 5.00. The number of ether oxygens (including phenoxy) is 1. The first kappa shape index (κ1) is 13.7. The molecule has 1 unspecified atom stereocenters. The Balaban J connectivity index is 3.02. The van der Waals surface area contributed by atoms with Crippen LogP contribution in [0.3, 0.4) is 0 Å². The van der Waals surface area contributed by atoms with E-state index in [1.54, 1.807) is 12.1 Å². The summed E-state index contributed by atoms with van der Waals surface area (Å²) >= 11 is 3.08. The monoisotopic (exact) mass is 300 g/mol. The number of ketones is 1. The normalized spacial score (nSPS) is 11.9. The fraction of sp³-hybridized carbons (Fsp3) is 0.333. The molecule has 0 saturated carbocycles. The molecule has 0 aliphatic carbocycles. The number of Topliss-reactive ketones (excluding diaryl/α,β-unsaturated/α-hetero) is 1. The van der Waals surface area contributed by atoms with Gasteiger partial charge in [-0.15, -0.1) is 0 Å². The second-order valence-electron chi connectivity index (χ2n) is 3.63. The lowest BCUT2D eigenvalue weighted by atomic mass is 10.0. The molecule has 1 rings (SSSR count). The van der Waals surface area contributed by atoms with Crippen molar-refractivity contribution < 1.29 is 19.4 Å². The quantitative estimate of drug-likeness (QED) is 0.670. The molecule has 17 heavy (non-hydrogen) atoms. The van der Waals surface area contributed by atoms with Crippen LogP contribution in [0.2, 0.25) is 0 Å². The maximum atomic E-state index is 12.0. The number of halogens is 1. The highest BCUT2D eigenvalue weighted by atomic mass is 79.9. The van der Waals surface area contributed by atoms with Gasteiger partial charge in [0, 0.05) is 0 Å². The molecule has 0 fully saturated rings. The molecule has 1 aromatic rings. The van der Waals surface area contributed by atoms with Crippen LogP contribution >= 0.6 is 15.9 Å². The van der Waals surface area contributed by atoms with E-state index in [0.717, 1.165) is 5.56 Å². The Kier molecular flexibility index (Phi) is 4.69. The Morgan fingerprint density at radius 2 is 2.12 bits per heavy atom. The maximum absolute atomic E-state index is 12.0. The van der Waals surface area contributed by atoms with Crippen LogP contribution in [0, 0.1) is 6.92 Å². The molecule has 1 N–H and O–H groups in total. The molecule has 0 saturated heterocycles. The van der Waals surface area contributed by atoms with E-state index in [4.69, 9.17) is 9.84 Å². The summed E-state index contributed by atoms with van der Waals surface area (Å²) in [6.45, 7) is 1.86. The van der Waals surface area contributed by atoms with Gasteiger partial charge in [0.15, 0.2) is 5.78 Å². The van der Waals surface area contributed by atoms with E-state index in [2.05, 4.69) is 15.9 Å². The number of carbonyl (C=O) groups excluding carboxylic acids is 1. The van der Waals surface area contributed by atoms with Crippen LogP contribution < -0.4 is 4.74 Å². The van der Waals surface area contributed by atoms with Gasteiger partial charge in [0.25, 0.3) is 0 Å². The van der Waals surface area contributed by atoms with Crippen LogP contribution in [-0.4, -0.2) is 28.8 Å². The Morgan fingerprint density at radius 1 is 1.47 bits per heavy atom. The molecule has 5 heteroatoms. The van der Waals surface area contributed by atoms with Gasteiger partial charge in [-0.2, -0.15) is 0 Å². The number of rotatable bonds is 5. The molecule has 1 atom stereocenters. The molecule has 0 spiro atoms. The number of methoxy groups -OCH3 is 1. The number of benzene rings is 1. The minimum Gasteiger partial charge on any atom is -0.496 e. The van der Waals surface area contributed by atoms with Crippen LogP contribution in [0.15, 0.2) is 18.2 Å². The number of carbonyl (C=O) groups is 2. The van der Waals surface area contributed by atoms with Crippen molar-refractivity contribution in [1.29, 1.82) is 0 Å². The van der Waals surface area contributed by atoms with Crippen LogP contribution in [0.25, 0.3) is 0 Å². The summed E-state index contributed by atoms with van der Waals surface area (Å²) in [4.78, 5) is 21.8. The van der Waals surface area contributed by atoms with E-state index >= 15 is 0 Å². The molecule has 0 radical (unpaired) electrons. The van der Waals surface area contributed by atoms with E-state index < -0.39 is 10.8 Å². The van der Waals surface area contributed by atoms with E-state index in [9.17, 15) is 9.59 Å². The van der Waals surface area contributed by atoms with Crippen LogP contribution in [0.4, 0.5) is 0 Å². The molecule has 1 aromatic carbocycles. The summed E-state index contributed by atoms with van der Waals surface area (Å²) in [7, 11) is 1.47. The predicted octanol–water partition coefficient (Wildman–Crippen LogP) is 2.42. The van der Waals surface area contributed by atoms with Gasteiger partial charge in [-0.3, -0.25) is 9.59 Å². The number of hydrogen-bond acceptors (Lipinski definition) is 3. The topological polar surface area (TPSA) is 63.6 Å². The van der Waals surface area contributed by atoms with E-state index in [1.807, 2.05) is 13.0 Å². The highest BCUT2D eigenvalue weighted by Crippen LogP contribution is 2.24. The second kappa shape index (κ2) is 5.82. The van der Waals surface area contributed by atoms with Crippen LogP contribution in [0.1, 0.15) is 22.3 Å². The summed E-state index contributed by atoms with van der Waals surface area (Å²) in [5.41, 5.74) is 1.32. The number of hydrogen-bond donors (Lipinski definition) is 1. The third-order valence-corrected chi connectivity index (χ3v) is 3.00. The lowest BCUT2D eigenvalue weighted by Gasteiger charge is -2.11. The van der Waals surface area contributed by atoms with Crippen LogP contribution in [-0.2, 0) is 4.79 Å². The predicted molar refractivity (Wildman–Crippen MR) is 67.0 cm³/mol. The van der Waals surface area contributed by atoms with Crippen molar-refractivity contribution in [2.75, 3.05) is 7.11 Å². The lowest BCUT2D eigenvalue weighted by molar-refractivity contribution is -0.136. The average Bonchev–Trinajstić information content (AvgIpc) is 2.27. The zero-order chi connectivity index (χ0) is 13.0. The summed E-state index contributed by atoms with van der Waals surface area (Å²) in [5, 5.41) is 8.65. The van der Waals surface area contributed by atoms with Gasteiger partial charge in [-0.25, -0.2) is 0 Å². The third-order valence-electron chi connectivity index (χ3n) is 2.26. The number of aliphatic carboxylic acids is 1. The molecular weight excluding hydrogens is 288 g/mol. The van der Waals surface area contributed by atoms with E-state index in [0.29, 0.717) is 11.3 Å². The fourth-order valence-electron chi connectivity index (χ4n) is 1.43. The first-order valence-corrected chi connectivity index (χ1v) is 5.92. The van der Waals surface area contributed by atoms with Crippen molar-refractivity contribution in [2.45, 2.75) is 18.2 Å². The van der Waals surface area contributed by atoms with E-state index in [-0.39, 0.29) is 12.2 Å². The summed E-state index contributed by atoms with van der Waals surface area (Å²) < 4.78 is 5.09. The van der Waals surface area contributed by atoms with Gasteiger partial charge < -0.3 is 9.84 Å². The first-order chi connectivity index (χ1) is 7.95. The number of aryl methyl sites for hydroxylation is 1. The highest BCUT2D eigenvalue weighted by Gasteiger charge is 2.22. The Labute approximate surface area is 108 Å². The second-order valence-corrected chi connectivity index (χ2v) is 4.74. The molecule has 0 aliphatic rings. The van der Waals surface area contributed by atoms with Crippen molar-refractivity contribution in [1.82, 2.24) is 0 Å². The SMILES string of the molecule is COc1ccc(C)cc1C(=O)C(Br)CC(=O)O. The Hall–Kier alpha value is -1.36. The van der Waals surface area contributed by atoms with Gasteiger partial charge in [0.2, 0.25) is 0 Å². The van der Waals surface area contributed by atoms with Gasteiger partial charge in [0.1, 0.15) is 5.75 Å². The molecular formula is C12H13BrO4. The molecule has 0 bridgehead atoms. The minimum atomic E-state index is -1.02. The van der Waals surface area contributed by atoms with Crippen molar-refractivity contribution in [3.8, 4) is 5.75 Å². The van der Waals surface area contributed by atoms with Crippen molar-refractivity contribution in [3.05, 3.63) is 29.3 Å². The largest absolute Gasteiger partial charge is 0.496 e. The Bertz CT molecular complexity index is 442. The highest BCUT2D eigenvalue weighted by molar-refractivity contribution is 9.10. The van der Waals surface area contributed by atoms with Gasteiger partial charge in [0.05, 0.1) is 23.9 Å². The fourth-order valence-corrected chi connectivity index (χ4v) is 1.95. The zero-order valence-corrected chi connectivity index (χ0v) is 11.2. The van der Waals surface area contributed by atoms with Gasteiger partial charge in [-0.1, -0.05) is 27.6 Å². The lowest BCUT2D eigenvalue weighted by Crippen LogP contribution is -2.19. The summed E-state index contributed by atoms with van der Waals surface area (Å²) in [6, 6.07) is 5.22. The van der Waals surface area contributed by atoms with Crippen molar-refractivity contribution in [2.24, 2.45) is 0 Å². The van der Waals surface area contributed by atoms with E-state index in [1.165, 1.54) is 7.11 Å². The van der Waals surface area contributed by atoms with Gasteiger partial charge in [-0.05, 0) is 19.1 Å². The van der Waals surface area contributed by atoms with Crippen molar-refractivity contribution in [3.63, 3.8) is 0 Å². The number of carboxylic acid groups (broad SMARTS) is 1. The number of carboxylic acids is 1. The molecule has 92 valence electrons. The Morgan fingerprint density at radius 3 is 2.65 bits per heavy atom. The van der Waals surface area contributed by atoms with Crippen LogP contribution in [0.5, 0.6) is 5.75 Å². The minimum absolute atomic E-state index is 0.254. The molecule has 0 amide bonds. The molecule has 4 nitrogen and oxygen atoms in total. The molecule has 0 aliphatic heterocycles. The molecule has 0 aromatic heterocycles. The summed E-state index contributed by atoms with van der Waals surface area (Å²) in [6.07, 6.45) is -0.254. The summed E-state index contributed by atoms with van der Waals surface area (Å²) in [5.74, 6) is -0.852. The number of alkyl halides is 1. The smallest absolute Gasteiger partial charge is 0.304 e. The third kappa shape index (κ3) is 3.56. The molecule has 0 heterocycles. The standard InChI is InChI=1S/C12H13BrO4/c1-7-3-4-10(17-2)8(5-7)12(16)9(13)6-11(14)15/h3-5,9H,6H2,1-2H3,(H,14,15). The van der Waals surface area contributed by atoms with Gasteiger partial charge >= 0.3 is 5.97 Å². The zero-order valence-electron chi connectivity index (χ0n) is 9.57. The average molecular weight is 301 g/mol.